The molecule has 5 rings (SSSR count). The Morgan fingerprint density at radius 1 is 1.00 bits per heavy atom. The molecule has 274 valence electrons. The number of esters is 1. The number of aromatic nitrogens is 3. The topological polar surface area (TPSA) is 157 Å². The van der Waals surface area contributed by atoms with E-state index in [1.54, 1.807) is 32.9 Å². The molecule has 1 saturated heterocycles. The first-order chi connectivity index (χ1) is 24.0. The van der Waals surface area contributed by atoms with Crippen molar-refractivity contribution in [3.05, 3.63) is 64.7 Å². The Morgan fingerprint density at radius 3 is 2.27 bits per heavy atom. The number of halogens is 4. The first kappa shape index (κ1) is 37.4. The lowest BCUT2D eigenvalue weighted by molar-refractivity contribution is -0.154. The van der Waals surface area contributed by atoms with Crippen LogP contribution < -0.4 is 20.7 Å². The summed E-state index contributed by atoms with van der Waals surface area (Å²) in [5.41, 5.74) is 0.290. The minimum absolute atomic E-state index is 0.00470. The number of hydrogen-bond donors (Lipinski definition) is 3. The third-order valence-electron chi connectivity index (χ3n) is 8.20. The molecule has 0 bridgehead atoms. The van der Waals surface area contributed by atoms with Gasteiger partial charge in [0.05, 0.1) is 12.6 Å². The number of carbonyl (C=O) groups is 3. The van der Waals surface area contributed by atoms with Crippen LogP contribution in [0, 0.1) is 5.92 Å². The second-order valence-electron chi connectivity index (χ2n) is 13.4. The molecule has 2 unspecified atom stereocenters. The fraction of sp³-hybridized carbons (Fsp3) is 0.471. The van der Waals surface area contributed by atoms with Gasteiger partial charge in [-0.25, -0.2) is 9.59 Å². The van der Waals surface area contributed by atoms with Crippen molar-refractivity contribution in [1.29, 1.82) is 0 Å². The highest BCUT2D eigenvalue weighted by molar-refractivity contribution is 6.30. The molecule has 0 spiro atoms. The summed E-state index contributed by atoms with van der Waals surface area (Å²) < 4.78 is 54.2. The number of benzene rings is 2. The Hall–Kier alpha value is -4.86. The molecule has 3 N–H and O–H groups in total. The minimum atomic E-state index is -4.62. The largest absolute Gasteiger partial charge is 0.467 e. The molecule has 2 aliphatic rings. The maximum Gasteiger partial charge on any atom is 0.422 e. The zero-order valence-electron chi connectivity index (χ0n) is 28.5. The number of amides is 2. The molecule has 2 amide bonds. The zero-order chi connectivity index (χ0) is 37.0. The Labute approximate surface area is 297 Å². The van der Waals surface area contributed by atoms with Crippen molar-refractivity contribution in [2.75, 3.05) is 37.4 Å². The number of piperidine rings is 1. The van der Waals surface area contributed by atoms with E-state index in [1.807, 2.05) is 12.1 Å². The maximum atomic E-state index is 13.3. The van der Waals surface area contributed by atoms with Gasteiger partial charge in [0.1, 0.15) is 11.6 Å². The Morgan fingerprint density at radius 2 is 1.67 bits per heavy atom. The van der Waals surface area contributed by atoms with Crippen LogP contribution in [0.15, 0.2) is 48.5 Å². The van der Waals surface area contributed by atoms with E-state index in [9.17, 15) is 27.6 Å². The first-order valence-electron chi connectivity index (χ1n) is 16.3. The summed E-state index contributed by atoms with van der Waals surface area (Å²) in [6.07, 6.45) is -2.49. The molecule has 2 heterocycles. The van der Waals surface area contributed by atoms with Crippen molar-refractivity contribution in [1.82, 2.24) is 25.2 Å². The molecule has 1 aliphatic heterocycles. The highest BCUT2D eigenvalue weighted by atomic mass is 35.5. The summed E-state index contributed by atoms with van der Waals surface area (Å²) in [6, 6.07) is 11.7. The van der Waals surface area contributed by atoms with Crippen molar-refractivity contribution in [3.63, 3.8) is 0 Å². The van der Waals surface area contributed by atoms with Crippen LogP contribution in [0.4, 0.5) is 35.5 Å². The Balaban J connectivity index is 1.29. The standard InChI is InChI=1S/C34H39ClF3N7O6/c1-32(2,3)51-31(48)45-17-5-6-21(18-45)25(27(47)49-4)40-26(46)20-7-13-24(14-8-20)39-28-41-29(43-30(42-28)50-19-34(36,37)38)44-33(15-16-33)22-9-11-23(35)12-10-22/h7-14,21,25H,5-6,15-19H2,1-4H3,(H,40,46)(H2,39,41,42,43,44). The summed E-state index contributed by atoms with van der Waals surface area (Å²) in [6.45, 7) is 4.34. The molecule has 0 radical (unpaired) electrons. The van der Waals surface area contributed by atoms with Crippen LogP contribution in [0.5, 0.6) is 6.01 Å². The molecule has 17 heteroatoms. The van der Waals surface area contributed by atoms with E-state index < -0.39 is 59.9 Å². The number of methoxy groups -OCH3 is 1. The van der Waals surface area contributed by atoms with E-state index >= 15 is 0 Å². The van der Waals surface area contributed by atoms with Gasteiger partial charge in [-0.1, -0.05) is 23.7 Å². The van der Waals surface area contributed by atoms with Gasteiger partial charge in [0.25, 0.3) is 5.91 Å². The summed E-state index contributed by atoms with van der Waals surface area (Å²) >= 11 is 6.04. The number of hydrogen-bond acceptors (Lipinski definition) is 11. The molecule has 2 aromatic carbocycles. The Bertz CT molecular complexity index is 1720. The van der Waals surface area contributed by atoms with Gasteiger partial charge in [-0.15, -0.1) is 0 Å². The van der Waals surface area contributed by atoms with E-state index in [0.29, 0.717) is 30.1 Å². The van der Waals surface area contributed by atoms with Gasteiger partial charge in [0.2, 0.25) is 11.9 Å². The van der Waals surface area contributed by atoms with Crippen LogP contribution in [0.2, 0.25) is 5.02 Å². The molecule has 1 saturated carbocycles. The van der Waals surface area contributed by atoms with Crippen LogP contribution >= 0.6 is 11.6 Å². The van der Waals surface area contributed by atoms with Gasteiger partial charge in [0.15, 0.2) is 6.61 Å². The quantitative estimate of drug-likeness (QED) is 0.192. The summed E-state index contributed by atoms with van der Waals surface area (Å²) in [7, 11) is 1.22. The van der Waals surface area contributed by atoms with Gasteiger partial charge < -0.3 is 35.1 Å². The fourth-order valence-electron chi connectivity index (χ4n) is 5.60. The first-order valence-corrected chi connectivity index (χ1v) is 16.6. The summed E-state index contributed by atoms with van der Waals surface area (Å²) in [5.74, 6) is -1.73. The average Bonchev–Trinajstić information content (AvgIpc) is 3.85. The molecule has 1 aromatic heterocycles. The second-order valence-corrected chi connectivity index (χ2v) is 13.8. The van der Waals surface area contributed by atoms with Gasteiger partial charge in [-0.05, 0) is 88.4 Å². The lowest BCUT2D eigenvalue weighted by Gasteiger charge is -2.36. The number of likely N-dealkylation sites (tertiary alicyclic amines) is 1. The van der Waals surface area contributed by atoms with E-state index in [-0.39, 0.29) is 24.0 Å². The van der Waals surface area contributed by atoms with Crippen LogP contribution in [-0.2, 0) is 19.8 Å². The number of rotatable bonds is 11. The van der Waals surface area contributed by atoms with Crippen molar-refractivity contribution >= 4 is 47.2 Å². The van der Waals surface area contributed by atoms with Crippen molar-refractivity contribution in [2.24, 2.45) is 5.92 Å². The van der Waals surface area contributed by atoms with Gasteiger partial charge in [-0.2, -0.15) is 28.1 Å². The van der Waals surface area contributed by atoms with Crippen LogP contribution in [0.1, 0.15) is 62.4 Å². The molecule has 13 nitrogen and oxygen atoms in total. The third kappa shape index (κ3) is 10.3. The number of carbonyl (C=O) groups excluding carboxylic acids is 3. The van der Waals surface area contributed by atoms with E-state index in [1.165, 1.54) is 36.3 Å². The highest BCUT2D eigenvalue weighted by Gasteiger charge is 2.45. The SMILES string of the molecule is COC(=O)C(NC(=O)c1ccc(Nc2nc(NC3(c4ccc(Cl)cc4)CC3)nc(OCC(F)(F)F)n2)cc1)C1CCCN(C(=O)OC(C)(C)C)C1. The molecular formula is C34H39ClF3N7O6. The average molecular weight is 734 g/mol. The fourth-order valence-corrected chi connectivity index (χ4v) is 5.73. The van der Waals surface area contributed by atoms with Gasteiger partial charge >= 0.3 is 24.2 Å². The number of alkyl halides is 3. The van der Waals surface area contributed by atoms with Gasteiger partial charge in [-0.3, -0.25) is 4.79 Å². The molecular weight excluding hydrogens is 695 g/mol. The molecule has 2 atom stereocenters. The smallest absolute Gasteiger partial charge is 0.422 e. The summed E-state index contributed by atoms with van der Waals surface area (Å²) in [5, 5.41) is 9.43. The van der Waals surface area contributed by atoms with Crippen molar-refractivity contribution in [3.8, 4) is 6.01 Å². The van der Waals surface area contributed by atoms with E-state index in [0.717, 1.165) is 18.4 Å². The van der Waals surface area contributed by atoms with Crippen molar-refractivity contribution in [2.45, 2.75) is 69.8 Å². The highest BCUT2D eigenvalue weighted by Crippen LogP contribution is 2.48. The van der Waals surface area contributed by atoms with Crippen LogP contribution in [0.25, 0.3) is 0 Å². The molecule has 2 fully saturated rings. The predicted octanol–water partition coefficient (Wildman–Crippen LogP) is 6.23. The second kappa shape index (κ2) is 15.2. The van der Waals surface area contributed by atoms with Crippen LogP contribution in [0.3, 0.4) is 0 Å². The van der Waals surface area contributed by atoms with Crippen LogP contribution in [-0.4, -0.2) is 82.4 Å². The van der Waals surface area contributed by atoms with Crippen molar-refractivity contribution < 1.29 is 41.8 Å². The number of nitrogens with zero attached hydrogens (tertiary/aromatic N) is 4. The zero-order valence-corrected chi connectivity index (χ0v) is 29.2. The maximum absolute atomic E-state index is 13.3. The Kier molecular flexibility index (Phi) is 11.1. The normalized spacial score (nSPS) is 17.5. The lowest BCUT2D eigenvalue weighted by Crippen LogP contribution is -2.53. The molecule has 1 aliphatic carbocycles. The van der Waals surface area contributed by atoms with E-state index in [4.69, 9.17) is 25.8 Å². The number of anilines is 3. The van der Waals surface area contributed by atoms with Gasteiger partial charge in [0, 0.05) is 35.3 Å². The number of nitrogens with one attached hydrogen (secondary N) is 3. The monoisotopic (exact) mass is 733 g/mol. The summed E-state index contributed by atoms with van der Waals surface area (Å²) in [4.78, 5) is 52.7. The minimum Gasteiger partial charge on any atom is -0.467 e. The predicted molar refractivity (Wildman–Crippen MR) is 181 cm³/mol. The molecule has 3 aromatic rings. The van der Waals surface area contributed by atoms with E-state index in [2.05, 4.69) is 30.9 Å². The number of ether oxygens (including phenoxy) is 3. The third-order valence-corrected chi connectivity index (χ3v) is 8.46. The molecule has 51 heavy (non-hydrogen) atoms. The lowest BCUT2D eigenvalue weighted by atomic mass is 9.90.